The Labute approximate surface area is 149 Å². The van der Waals surface area contributed by atoms with Crippen molar-refractivity contribution in [1.29, 1.82) is 0 Å². The first-order chi connectivity index (χ1) is 12.1. The molecular formula is C17H18N2O5S. The van der Waals surface area contributed by atoms with Gasteiger partial charge in [0.25, 0.3) is 0 Å². The van der Waals surface area contributed by atoms with Gasteiger partial charge in [-0.25, -0.2) is 9.79 Å². The molecule has 0 amide bonds. The number of carbonyl (C=O) groups excluding carboxylic acids is 2. The second kappa shape index (κ2) is 7.18. The maximum absolute atomic E-state index is 12.4. The van der Waals surface area contributed by atoms with Crippen molar-refractivity contribution in [2.45, 2.75) is 26.3 Å². The van der Waals surface area contributed by atoms with Gasteiger partial charge in [-0.2, -0.15) is 0 Å². The minimum absolute atomic E-state index is 0.0879. The number of carbonyl (C=O) groups is 2. The molecule has 3 heterocycles. The fraction of sp³-hybridized carbons (Fsp3) is 0.353. The third kappa shape index (κ3) is 3.21. The zero-order valence-corrected chi connectivity index (χ0v) is 15.0. The molecule has 0 aromatic carbocycles. The molecule has 0 radical (unpaired) electrons. The Hall–Kier alpha value is -2.48. The molecule has 2 aliphatic rings. The predicted octanol–water partition coefficient (Wildman–Crippen LogP) is 2.98. The molecule has 0 bridgehead atoms. The van der Waals surface area contributed by atoms with Crippen molar-refractivity contribution < 1.29 is 23.5 Å². The Morgan fingerprint density at radius 3 is 2.88 bits per heavy atom. The van der Waals surface area contributed by atoms with E-state index < -0.39 is 12.0 Å². The number of methoxy groups -OCH3 is 1. The van der Waals surface area contributed by atoms with E-state index in [1.165, 1.54) is 18.9 Å². The monoisotopic (exact) mass is 362 g/mol. The van der Waals surface area contributed by atoms with Crippen LogP contribution in [0.25, 0.3) is 0 Å². The zero-order chi connectivity index (χ0) is 18.0. The smallest absolute Gasteiger partial charge is 0.338 e. The second-order valence-electron chi connectivity index (χ2n) is 5.38. The lowest BCUT2D eigenvalue weighted by atomic mass is 9.99. The minimum Gasteiger partial charge on any atom is -0.467 e. The Balaban J connectivity index is 2.01. The number of furan rings is 1. The fourth-order valence-electron chi connectivity index (χ4n) is 2.82. The van der Waals surface area contributed by atoms with Crippen LogP contribution in [-0.2, 0) is 19.1 Å². The first-order valence-corrected chi connectivity index (χ1v) is 8.66. The highest BCUT2D eigenvalue weighted by Gasteiger charge is 2.42. The van der Waals surface area contributed by atoms with Crippen molar-refractivity contribution in [2.75, 3.05) is 13.7 Å². The summed E-state index contributed by atoms with van der Waals surface area (Å²) in [6.45, 7) is 3.83. The molecule has 1 atom stereocenters. The molecule has 0 unspecified atom stereocenters. The number of allylic oxidation sites excluding steroid dienone is 1. The zero-order valence-electron chi connectivity index (χ0n) is 14.1. The van der Waals surface area contributed by atoms with Gasteiger partial charge >= 0.3 is 11.9 Å². The quantitative estimate of drug-likeness (QED) is 0.745. The van der Waals surface area contributed by atoms with Gasteiger partial charge in [0.05, 0.1) is 37.7 Å². The van der Waals surface area contributed by atoms with Crippen molar-refractivity contribution in [3.63, 3.8) is 0 Å². The average molecular weight is 362 g/mol. The van der Waals surface area contributed by atoms with Crippen LogP contribution < -0.4 is 0 Å². The molecule has 1 aromatic rings. The average Bonchev–Trinajstić information content (AvgIpc) is 3.23. The summed E-state index contributed by atoms with van der Waals surface area (Å²) in [5.74, 6) is -0.238. The lowest BCUT2D eigenvalue weighted by Gasteiger charge is -2.34. The van der Waals surface area contributed by atoms with Crippen LogP contribution in [0.2, 0.25) is 0 Å². The van der Waals surface area contributed by atoms with Crippen LogP contribution in [0.4, 0.5) is 0 Å². The standard InChI is InChI=1S/C17H18N2O5S/c1-4-23-13(20)8-11-9-25-17-18-10(2)14(16(21)22-3)15(19(11)17)12-6-5-7-24-12/h5-7,9,15H,4,8H2,1-3H3/t15-/m0/s1. The summed E-state index contributed by atoms with van der Waals surface area (Å²) in [4.78, 5) is 30.6. The molecule has 7 nitrogen and oxygen atoms in total. The van der Waals surface area contributed by atoms with E-state index >= 15 is 0 Å². The molecule has 1 aromatic heterocycles. The number of esters is 2. The second-order valence-corrected chi connectivity index (χ2v) is 6.22. The number of nitrogens with zero attached hydrogens (tertiary/aromatic N) is 2. The molecule has 0 saturated heterocycles. The lowest BCUT2D eigenvalue weighted by Crippen LogP contribution is -2.36. The fourth-order valence-corrected chi connectivity index (χ4v) is 3.78. The molecule has 0 saturated carbocycles. The molecule has 0 spiro atoms. The van der Waals surface area contributed by atoms with Crippen molar-refractivity contribution in [2.24, 2.45) is 4.99 Å². The maximum atomic E-state index is 12.4. The Kier molecular flexibility index (Phi) is 4.98. The highest BCUT2D eigenvalue weighted by molar-refractivity contribution is 8.16. The van der Waals surface area contributed by atoms with E-state index in [9.17, 15) is 9.59 Å². The van der Waals surface area contributed by atoms with Gasteiger partial charge in [-0.15, -0.1) is 0 Å². The molecule has 2 aliphatic heterocycles. The van der Waals surface area contributed by atoms with Gasteiger partial charge in [0.2, 0.25) is 0 Å². The van der Waals surface area contributed by atoms with E-state index in [2.05, 4.69) is 4.99 Å². The summed E-state index contributed by atoms with van der Waals surface area (Å²) in [6.07, 6.45) is 1.63. The van der Waals surface area contributed by atoms with Gasteiger partial charge < -0.3 is 18.8 Å². The van der Waals surface area contributed by atoms with Gasteiger partial charge in [0.15, 0.2) is 5.17 Å². The lowest BCUT2D eigenvalue weighted by molar-refractivity contribution is -0.142. The minimum atomic E-state index is -0.536. The largest absolute Gasteiger partial charge is 0.467 e. The van der Waals surface area contributed by atoms with E-state index in [0.717, 1.165) is 0 Å². The van der Waals surface area contributed by atoms with Crippen molar-refractivity contribution in [3.05, 3.63) is 46.5 Å². The van der Waals surface area contributed by atoms with E-state index in [-0.39, 0.29) is 12.4 Å². The maximum Gasteiger partial charge on any atom is 0.338 e. The third-order valence-corrected chi connectivity index (χ3v) is 4.74. The summed E-state index contributed by atoms with van der Waals surface area (Å²) in [5.41, 5.74) is 1.66. The van der Waals surface area contributed by atoms with Gasteiger partial charge in [0, 0.05) is 5.70 Å². The topological polar surface area (TPSA) is 81.3 Å². The van der Waals surface area contributed by atoms with Crippen LogP contribution in [0.3, 0.4) is 0 Å². The van der Waals surface area contributed by atoms with E-state index in [0.29, 0.717) is 34.5 Å². The Bertz CT molecular complexity index is 779. The normalized spacial score (nSPS) is 19.3. The van der Waals surface area contributed by atoms with Crippen molar-refractivity contribution >= 4 is 28.9 Å². The number of thioether (sulfide) groups is 1. The van der Waals surface area contributed by atoms with Gasteiger partial charge in [0.1, 0.15) is 11.8 Å². The van der Waals surface area contributed by atoms with Gasteiger partial charge in [-0.05, 0) is 31.4 Å². The summed E-state index contributed by atoms with van der Waals surface area (Å²) in [7, 11) is 1.33. The summed E-state index contributed by atoms with van der Waals surface area (Å²) < 4.78 is 15.5. The molecular weight excluding hydrogens is 344 g/mol. The predicted molar refractivity (Wildman–Crippen MR) is 92.4 cm³/mol. The number of fused-ring (bicyclic) bond motifs is 1. The van der Waals surface area contributed by atoms with E-state index in [1.807, 2.05) is 10.3 Å². The molecule has 8 heteroatoms. The first kappa shape index (κ1) is 17.3. The highest BCUT2D eigenvalue weighted by Crippen LogP contribution is 2.44. The van der Waals surface area contributed by atoms with Gasteiger partial charge in [-0.1, -0.05) is 11.8 Å². The van der Waals surface area contributed by atoms with Crippen LogP contribution in [0.5, 0.6) is 0 Å². The third-order valence-electron chi connectivity index (χ3n) is 3.85. The van der Waals surface area contributed by atoms with Crippen LogP contribution in [0.15, 0.2) is 50.2 Å². The molecule has 0 N–H and O–H groups in total. The van der Waals surface area contributed by atoms with E-state index in [4.69, 9.17) is 13.9 Å². The SMILES string of the molecule is CCOC(=O)CC1=CSC2=NC(C)=C(C(=O)OC)[C@H](c3ccco3)N12. The number of hydrogen-bond acceptors (Lipinski definition) is 8. The number of hydrogen-bond donors (Lipinski definition) is 0. The number of amidine groups is 1. The number of ether oxygens (including phenoxy) is 2. The summed E-state index contributed by atoms with van der Waals surface area (Å²) >= 11 is 1.40. The first-order valence-electron chi connectivity index (χ1n) is 7.78. The van der Waals surface area contributed by atoms with Crippen LogP contribution in [0, 0.1) is 0 Å². The number of aliphatic imine (C=N–C) groups is 1. The van der Waals surface area contributed by atoms with Crippen LogP contribution in [-0.4, -0.2) is 35.7 Å². The molecule has 25 heavy (non-hydrogen) atoms. The van der Waals surface area contributed by atoms with Crippen LogP contribution >= 0.6 is 11.8 Å². The van der Waals surface area contributed by atoms with Gasteiger partial charge in [-0.3, -0.25) is 4.79 Å². The summed E-state index contributed by atoms with van der Waals surface area (Å²) in [5, 5.41) is 2.53. The van der Waals surface area contributed by atoms with Crippen LogP contribution in [0.1, 0.15) is 32.1 Å². The Morgan fingerprint density at radius 2 is 2.24 bits per heavy atom. The van der Waals surface area contributed by atoms with Crippen molar-refractivity contribution in [3.8, 4) is 0 Å². The molecule has 3 rings (SSSR count). The molecule has 132 valence electrons. The molecule has 0 fully saturated rings. The Morgan fingerprint density at radius 1 is 1.44 bits per heavy atom. The number of rotatable bonds is 5. The summed E-state index contributed by atoms with van der Waals surface area (Å²) in [6, 6.07) is 3.00. The molecule has 0 aliphatic carbocycles. The van der Waals surface area contributed by atoms with E-state index in [1.54, 1.807) is 32.2 Å². The highest BCUT2D eigenvalue weighted by atomic mass is 32.2. The van der Waals surface area contributed by atoms with Crippen molar-refractivity contribution in [1.82, 2.24) is 4.90 Å².